The maximum atomic E-state index is 12.3. The Bertz CT molecular complexity index is 1180. The van der Waals surface area contributed by atoms with Gasteiger partial charge in [0.15, 0.2) is 7.11 Å². The Morgan fingerprint density at radius 1 is 0.931 bits per heavy atom. The summed E-state index contributed by atoms with van der Waals surface area (Å²) in [5, 5.41) is 2.23. The summed E-state index contributed by atoms with van der Waals surface area (Å²) in [5.74, 6) is 0.737. The molecule has 0 atom stereocenters. The van der Waals surface area contributed by atoms with Gasteiger partial charge < -0.3 is 14.6 Å². The lowest BCUT2D eigenvalue weighted by molar-refractivity contribution is -0.736. The quantitative estimate of drug-likeness (QED) is 0.456. The Hall–Kier alpha value is -3.38. The maximum absolute atomic E-state index is 12.3. The van der Waals surface area contributed by atoms with Crippen molar-refractivity contribution in [1.29, 1.82) is 0 Å². The first-order valence-electron chi connectivity index (χ1n) is 9.51. The minimum Gasteiger partial charge on any atom is -0.492 e. The van der Waals surface area contributed by atoms with Crippen LogP contribution in [0.3, 0.4) is 0 Å². The van der Waals surface area contributed by atoms with Crippen molar-refractivity contribution in [2.24, 2.45) is 0 Å². The van der Waals surface area contributed by atoms with E-state index in [0.717, 1.165) is 45.2 Å². The first-order chi connectivity index (χ1) is 14.1. The van der Waals surface area contributed by atoms with Gasteiger partial charge in [-0.2, -0.15) is 0 Å². The molecule has 1 heterocycles. The zero-order valence-corrected chi connectivity index (χ0v) is 16.8. The van der Waals surface area contributed by atoms with Gasteiger partial charge in [-0.15, -0.1) is 0 Å². The Balaban J connectivity index is 1.91. The lowest BCUT2D eigenvalue weighted by Gasteiger charge is -2.14. The Morgan fingerprint density at radius 3 is 2.48 bits per heavy atom. The van der Waals surface area contributed by atoms with Gasteiger partial charge in [-0.05, 0) is 38.4 Å². The number of likely N-dealkylation sites (N-methyl/N-ethyl adjacent to an activating group) is 1. The second kappa shape index (κ2) is 7.93. The molecule has 4 rings (SSSR count). The molecule has 6 heteroatoms. The summed E-state index contributed by atoms with van der Waals surface area (Å²) in [5.41, 5.74) is 4.09. The fraction of sp³-hybridized carbons (Fsp3) is 0.217. The maximum Gasteiger partial charge on any atom is 0.324 e. The van der Waals surface area contributed by atoms with Crippen molar-refractivity contribution in [3.05, 3.63) is 65.6 Å². The molecular weight excluding hydrogens is 366 g/mol. The van der Waals surface area contributed by atoms with Crippen LogP contribution in [0.4, 0.5) is 5.69 Å². The molecule has 0 radical (unpaired) electrons. The average molecular weight is 390 g/mol. The number of hydrogen-bond donors (Lipinski definition) is 1. The fourth-order valence-corrected chi connectivity index (χ4v) is 3.51. The first kappa shape index (κ1) is 19.0. The van der Waals surface area contributed by atoms with E-state index >= 15 is 0 Å². The average Bonchev–Trinajstić information content (AvgIpc) is 3.10. The molecule has 0 unspecified atom stereocenters. The predicted molar refractivity (Wildman–Crippen MR) is 116 cm³/mol. The second-order valence-corrected chi connectivity index (χ2v) is 7.17. The van der Waals surface area contributed by atoms with Gasteiger partial charge in [-0.1, -0.05) is 30.3 Å². The van der Waals surface area contributed by atoms with Gasteiger partial charge in [-0.25, -0.2) is 4.84 Å². The number of rotatable bonds is 7. The summed E-state index contributed by atoms with van der Waals surface area (Å²) in [6.45, 7) is 1.33. The minimum absolute atomic E-state index is 0.433. The number of aromatic amines is 1. The van der Waals surface area contributed by atoms with E-state index in [9.17, 15) is 4.91 Å². The van der Waals surface area contributed by atoms with Crippen molar-refractivity contribution in [3.8, 4) is 16.9 Å². The van der Waals surface area contributed by atoms with E-state index < -0.39 is 0 Å². The van der Waals surface area contributed by atoms with Crippen molar-refractivity contribution in [3.63, 3.8) is 0 Å². The van der Waals surface area contributed by atoms with Crippen LogP contribution in [0.5, 0.6) is 5.75 Å². The standard InChI is InChI=1S/C23H24N3O3/c1-25(2)12-13-29-23-15-18-16-8-4-6-10-20(16)24-21(18)14-19(23)17-9-5-7-11-22(17)26(27)28-3/h4-11,14-15,24H,12-13H2,1-3H3/q+1. The van der Waals surface area contributed by atoms with Crippen LogP contribution >= 0.6 is 0 Å². The summed E-state index contributed by atoms with van der Waals surface area (Å²) in [4.78, 5) is 23.2. The Kier molecular flexibility index (Phi) is 5.18. The summed E-state index contributed by atoms with van der Waals surface area (Å²) in [6, 6.07) is 19.6. The fourth-order valence-electron chi connectivity index (χ4n) is 3.51. The number of H-pyrrole nitrogens is 1. The highest BCUT2D eigenvalue weighted by molar-refractivity contribution is 6.09. The highest BCUT2D eigenvalue weighted by Crippen LogP contribution is 2.40. The molecule has 0 saturated heterocycles. The van der Waals surface area contributed by atoms with Crippen LogP contribution < -0.4 is 4.74 Å². The molecule has 29 heavy (non-hydrogen) atoms. The van der Waals surface area contributed by atoms with Crippen LogP contribution in [-0.4, -0.2) is 49.2 Å². The molecule has 0 saturated carbocycles. The number of aromatic nitrogens is 1. The third-order valence-electron chi connectivity index (χ3n) is 4.96. The molecule has 0 aliphatic heterocycles. The molecule has 0 fully saturated rings. The van der Waals surface area contributed by atoms with Crippen LogP contribution in [0.15, 0.2) is 60.7 Å². The van der Waals surface area contributed by atoms with E-state index in [1.807, 2.05) is 50.5 Å². The molecule has 0 aliphatic rings. The van der Waals surface area contributed by atoms with Crippen molar-refractivity contribution in [2.75, 3.05) is 34.4 Å². The number of hydrogen-bond acceptors (Lipinski definition) is 4. The van der Waals surface area contributed by atoms with Crippen molar-refractivity contribution < 1.29 is 14.5 Å². The highest BCUT2D eigenvalue weighted by atomic mass is 16.8. The van der Waals surface area contributed by atoms with Gasteiger partial charge in [0.05, 0.1) is 10.5 Å². The number of ether oxygens (including phenoxy) is 1. The van der Waals surface area contributed by atoms with Gasteiger partial charge in [0, 0.05) is 40.0 Å². The SMILES string of the molecule is CO[N+](=O)c1ccccc1-c1cc2[nH]c3ccccc3c2cc1OCCN(C)C. The zero-order valence-electron chi connectivity index (χ0n) is 16.8. The minimum atomic E-state index is 0.433. The molecule has 1 N–H and O–H groups in total. The smallest absolute Gasteiger partial charge is 0.324 e. The van der Waals surface area contributed by atoms with E-state index in [2.05, 4.69) is 28.1 Å². The third-order valence-corrected chi connectivity index (χ3v) is 4.96. The van der Waals surface area contributed by atoms with E-state index in [1.165, 1.54) is 7.11 Å². The number of fused-ring (bicyclic) bond motifs is 3. The third kappa shape index (κ3) is 3.67. The summed E-state index contributed by atoms with van der Waals surface area (Å²) < 4.78 is 6.18. The summed E-state index contributed by atoms with van der Waals surface area (Å²) in [7, 11) is 5.38. The molecule has 0 aliphatic carbocycles. The number of nitrogens with one attached hydrogen (secondary N) is 1. The number of nitrogens with zero attached hydrogens (tertiary/aromatic N) is 2. The number of para-hydroxylation sites is 2. The van der Waals surface area contributed by atoms with Crippen LogP contribution in [0.25, 0.3) is 32.9 Å². The molecule has 3 aromatic carbocycles. The van der Waals surface area contributed by atoms with Crippen LogP contribution in [0.2, 0.25) is 0 Å². The molecule has 1 aromatic heterocycles. The molecule has 0 amide bonds. The van der Waals surface area contributed by atoms with Crippen LogP contribution in [0.1, 0.15) is 0 Å². The van der Waals surface area contributed by atoms with Gasteiger partial charge in [-0.3, -0.25) is 0 Å². The largest absolute Gasteiger partial charge is 0.492 e. The van der Waals surface area contributed by atoms with Crippen molar-refractivity contribution in [2.45, 2.75) is 0 Å². The highest BCUT2D eigenvalue weighted by Gasteiger charge is 2.24. The van der Waals surface area contributed by atoms with Crippen LogP contribution in [0, 0.1) is 4.91 Å². The van der Waals surface area contributed by atoms with Gasteiger partial charge in [0.25, 0.3) is 4.92 Å². The molecule has 4 aromatic rings. The monoisotopic (exact) mass is 390 g/mol. The van der Waals surface area contributed by atoms with Crippen molar-refractivity contribution in [1.82, 2.24) is 9.88 Å². The van der Waals surface area contributed by atoms with E-state index in [1.54, 1.807) is 6.07 Å². The normalized spacial score (nSPS) is 11.3. The first-order valence-corrected chi connectivity index (χ1v) is 9.51. The molecular formula is C23H24N3O3+. The number of benzene rings is 3. The van der Waals surface area contributed by atoms with Gasteiger partial charge in [0.1, 0.15) is 12.4 Å². The molecule has 6 nitrogen and oxygen atoms in total. The van der Waals surface area contributed by atoms with Crippen LogP contribution in [-0.2, 0) is 4.84 Å². The van der Waals surface area contributed by atoms with E-state index in [4.69, 9.17) is 9.57 Å². The Morgan fingerprint density at radius 2 is 1.69 bits per heavy atom. The zero-order chi connectivity index (χ0) is 20.4. The Labute approximate surface area is 169 Å². The summed E-state index contributed by atoms with van der Waals surface area (Å²) >= 11 is 0. The predicted octanol–water partition coefficient (Wildman–Crippen LogP) is 4.90. The summed E-state index contributed by atoms with van der Waals surface area (Å²) in [6.07, 6.45) is 0. The van der Waals surface area contributed by atoms with Gasteiger partial charge >= 0.3 is 5.69 Å². The second-order valence-electron chi connectivity index (χ2n) is 7.17. The van der Waals surface area contributed by atoms with E-state index in [0.29, 0.717) is 17.2 Å². The topological polar surface area (TPSA) is 57.6 Å². The van der Waals surface area contributed by atoms with E-state index in [-0.39, 0.29) is 0 Å². The molecule has 0 bridgehead atoms. The molecule has 0 spiro atoms. The van der Waals surface area contributed by atoms with Gasteiger partial charge in [0.2, 0.25) is 0 Å². The lowest BCUT2D eigenvalue weighted by atomic mass is 10.0. The van der Waals surface area contributed by atoms with Crippen molar-refractivity contribution >= 4 is 27.5 Å². The lowest BCUT2D eigenvalue weighted by Crippen LogP contribution is -2.19. The molecule has 148 valence electrons.